The summed E-state index contributed by atoms with van der Waals surface area (Å²) in [5, 5.41) is 0. The van der Waals surface area contributed by atoms with Gasteiger partial charge in [-0.1, -0.05) is 19.9 Å². The Morgan fingerprint density at radius 3 is 2.93 bits per heavy atom. The minimum Gasteiger partial charge on any atom is -0.330 e. The number of nitrogens with zero attached hydrogens (tertiary/aromatic N) is 2. The third kappa shape index (κ3) is 1.88. The molecule has 3 heteroatoms. The summed E-state index contributed by atoms with van der Waals surface area (Å²) >= 11 is 0. The van der Waals surface area contributed by atoms with Gasteiger partial charge in [0, 0.05) is 12.4 Å². The van der Waals surface area contributed by atoms with E-state index in [1.165, 1.54) is 5.56 Å². The average molecular weight is 203 g/mol. The van der Waals surface area contributed by atoms with Crippen molar-refractivity contribution in [2.45, 2.75) is 26.2 Å². The smallest absolute Gasteiger partial charge is 0.140 e. The van der Waals surface area contributed by atoms with Crippen molar-refractivity contribution in [1.29, 1.82) is 0 Å². The molecule has 0 saturated carbocycles. The number of rotatable bonds is 3. The minimum atomic E-state index is 0.468. The van der Waals surface area contributed by atoms with E-state index in [1.807, 2.05) is 12.3 Å². The predicted octanol–water partition coefficient (Wildman–Crippen LogP) is 1.96. The van der Waals surface area contributed by atoms with Crippen LogP contribution in [0.25, 0.3) is 5.65 Å². The molecular weight excluding hydrogens is 186 g/mol. The average Bonchev–Trinajstić information content (AvgIpc) is 2.63. The molecule has 2 heterocycles. The largest absolute Gasteiger partial charge is 0.330 e. The summed E-state index contributed by atoms with van der Waals surface area (Å²) in [5.74, 6) is 0.468. The molecular formula is C12H17N3. The van der Waals surface area contributed by atoms with Crippen LogP contribution < -0.4 is 5.73 Å². The van der Waals surface area contributed by atoms with Gasteiger partial charge in [0.1, 0.15) is 5.65 Å². The van der Waals surface area contributed by atoms with Gasteiger partial charge in [-0.05, 0) is 30.5 Å². The molecule has 15 heavy (non-hydrogen) atoms. The summed E-state index contributed by atoms with van der Waals surface area (Å²) in [6.07, 6.45) is 5.02. The normalized spacial score (nSPS) is 11.5. The summed E-state index contributed by atoms with van der Waals surface area (Å²) in [6.45, 7) is 4.98. The van der Waals surface area contributed by atoms with E-state index < -0.39 is 0 Å². The fourth-order valence-corrected chi connectivity index (χ4v) is 1.72. The number of aromatic nitrogens is 2. The molecule has 80 valence electrons. The van der Waals surface area contributed by atoms with Crippen molar-refractivity contribution in [2.75, 3.05) is 6.54 Å². The molecule has 0 atom stereocenters. The highest BCUT2D eigenvalue weighted by Gasteiger charge is 2.07. The second-order valence-electron chi connectivity index (χ2n) is 4.12. The van der Waals surface area contributed by atoms with Crippen LogP contribution in [0.5, 0.6) is 0 Å². The van der Waals surface area contributed by atoms with E-state index in [-0.39, 0.29) is 0 Å². The molecule has 0 amide bonds. The maximum atomic E-state index is 5.58. The maximum absolute atomic E-state index is 5.58. The van der Waals surface area contributed by atoms with Crippen LogP contribution in [0.4, 0.5) is 0 Å². The number of fused-ring (bicyclic) bond motifs is 1. The molecule has 0 aliphatic rings. The topological polar surface area (TPSA) is 43.3 Å². The number of hydrogen-bond donors (Lipinski definition) is 1. The first kappa shape index (κ1) is 10.2. The molecule has 0 aliphatic carbocycles. The van der Waals surface area contributed by atoms with Crippen LogP contribution in [0.2, 0.25) is 0 Å². The Morgan fingerprint density at radius 1 is 1.47 bits per heavy atom. The summed E-state index contributed by atoms with van der Waals surface area (Å²) in [4.78, 5) is 4.64. The standard InChI is InChI=1S/C12H17N3/c1-9(2)11-8-15-7-3-4-10(5-6-13)12(15)14-11/h3-4,7-9H,5-6,13H2,1-2H3. The lowest BCUT2D eigenvalue weighted by atomic mass is 10.2. The minimum absolute atomic E-state index is 0.468. The van der Waals surface area contributed by atoms with E-state index in [0.717, 1.165) is 17.8 Å². The van der Waals surface area contributed by atoms with Gasteiger partial charge in [-0.15, -0.1) is 0 Å². The van der Waals surface area contributed by atoms with Crippen molar-refractivity contribution in [2.24, 2.45) is 5.73 Å². The van der Waals surface area contributed by atoms with Gasteiger partial charge in [0.2, 0.25) is 0 Å². The fraction of sp³-hybridized carbons (Fsp3) is 0.417. The van der Waals surface area contributed by atoms with Crippen LogP contribution in [0.3, 0.4) is 0 Å². The lowest BCUT2D eigenvalue weighted by molar-refractivity contribution is 0.833. The first-order valence-corrected chi connectivity index (χ1v) is 5.39. The van der Waals surface area contributed by atoms with Gasteiger partial charge in [-0.3, -0.25) is 0 Å². The van der Waals surface area contributed by atoms with Crippen molar-refractivity contribution in [3.63, 3.8) is 0 Å². The molecule has 2 aromatic heterocycles. The molecule has 0 unspecified atom stereocenters. The van der Waals surface area contributed by atoms with Gasteiger partial charge >= 0.3 is 0 Å². The molecule has 0 spiro atoms. The Bertz CT molecular complexity index is 457. The molecule has 0 aliphatic heterocycles. The van der Waals surface area contributed by atoms with Crippen LogP contribution in [0, 0.1) is 0 Å². The molecule has 0 aromatic carbocycles. The van der Waals surface area contributed by atoms with Gasteiger partial charge in [0.15, 0.2) is 0 Å². The third-order valence-corrected chi connectivity index (χ3v) is 2.59. The summed E-state index contributed by atoms with van der Waals surface area (Å²) in [7, 11) is 0. The first-order valence-electron chi connectivity index (χ1n) is 5.39. The lowest BCUT2D eigenvalue weighted by Crippen LogP contribution is -2.04. The van der Waals surface area contributed by atoms with Crippen LogP contribution in [-0.4, -0.2) is 15.9 Å². The fourth-order valence-electron chi connectivity index (χ4n) is 1.72. The van der Waals surface area contributed by atoms with Gasteiger partial charge in [-0.25, -0.2) is 4.98 Å². The Kier molecular flexibility index (Phi) is 2.73. The quantitative estimate of drug-likeness (QED) is 0.828. The van der Waals surface area contributed by atoms with Crippen molar-refractivity contribution in [3.05, 3.63) is 35.8 Å². The highest BCUT2D eigenvalue weighted by molar-refractivity contribution is 5.49. The molecule has 0 radical (unpaired) electrons. The first-order chi connectivity index (χ1) is 7.22. The zero-order chi connectivity index (χ0) is 10.8. The lowest BCUT2D eigenvalue weighted by Gasteiger charge is -2.00. The Balaban J connectivity index is 2.54. The van der Waals surface area contributed by atoms with E-state index in [1.54, 1.807) is 0 Å². The van der Waals surface area contributed by atoms with Crippen molar-refractivity contribution in [1.82, 2.24) is 9.38 Å². The number of pyridine rings is 1. The van der Waals surface area contributed by atoms with E-state index in [0.29, 0.717) is 12.5 Å². The molecule has 2 aromatic rings. The molecule has 0 saturated heterocycles. The highest BCUT2D eigenvalue weighted by atomic mass is 15.0. The van der Waals surface area contributed by atoms with Crippen LogP contribution in [-0.2, 0) is 6.42 Å². The highest BCUT2D eigenvalue weighted by Crippen LogP contribution is 2.17. The zero-order valence-electron chi connectivity index (χ0n) is 9.27. The Morgan fingerprint density at radius 2 is 2.27 bits per heavy atom. The zero-order valence-corrected chi connectivity index (χ0v) is 9.27. The van der Waals surface area contributed by atoms with Gasteiger partial charge in [0.25, 0.3) is 0 Å². The molecule has 3 nitrogen and oxygen atoms in total. The molecule has 2 rings (SSSR count). The van der Waals surface area contributed by atoms with Gasteiger partial charge < -0.3 is 10.1 Å². The number of imidazole rings is 1. The number of nitrogens with two attached hydrogens (primary N) is 1. The Labute approximate surface area is 89.9 Å². The maximum Gasteiger partial charge on any atom is 0.140 e. The Hall–Kier alpha value is -1.35. The van der Waals surface area contributed by atoms with Crippen molar-refractivity contribution >= 4 is 5.65 Å². The third-order valence-electron chi connectivity index (χ3n) is 2.59. The summed E-state index contributed by atoms with van der Waals surface area (Å²) < 4.78 is 2.08. The van der Waals surface area contributed by atoms with E-state index >= 15 is 0 Å². The predicted molar refractivity (Wildman–Crippen MR) is 62.0 cm³/mol. The molecule has 0 fully saturated rings. The molecule has 0 bridgehead atoms. The van der Waals surface area contributed by atoms with E-state index in [2.05, 4.69) is 35.5 Å². The second kappa shape index (κ2) is 4.03. The van der Waals surface area contributed by atoms with E-state index in [9.17, 15) is 0 Å². The summed E-state index contributed by atoms with van der Waals surface area (Å²) in [6, 6.07) is 4.14. The van der Waals surface area contributed by atoms with Crippen LogP contribution >= 0.6 is 0 Å². The number of hydrogen-bond acceptors (Lipinski definition) is 2. The SMILES string of the molecule is CC(C)c1cn2cccc(CCN)c2n1. The molecule has 2 N–H and O–H groups in total. The van der Waals surface area contributed by atoms with Crippen LogP contribution in [0.1, 0.15) is 31.0 Å². The van der Waals surface area contributed by atoms with Crippen molar-refractivity contribution in [3.8, 4) is 0 Å². The summed E-state index contributed by atoms with van der Waals surface area (Å²) in [5.41, 5.74) is 9.00. The monoisotopic (exact) mass is 203 g/mol. The van der Waals surface area contributed by atoms with Crippen molar-refractivity contribution < 1.29 is 0 Å². The second-order valence-corrected chi connectivity index (χ2v) is 4.12. The van der Waals surface area contributed by atoms with Crippen LogP contribution in [0.15, 0.2) is 24.5 Å². The van der Waals surface area contributed by atoms with Gasteiger partial charge in [0.05, 0.1) is 5.69 Å². The van der Waals surface area contributed by atoms with Gasteiger partial charge in [-0.2, -0.15) is 0 Å². The van der Waals surface area contributed by atoms with E-state index in [4.69, 9.17) is 5.73 Å².